The molecule has 0 heterocycles. The number of benzene rings is 1. The molecule has 0 radical (unpaired) electrons. The summed E-state index contributed by atoms with van der Waals surface area (Å²) in [4.78, 5) is 10.3. The maximum atomic E-state index is 10.7. The molecular formula is C14H19BrN2O3. The van der Waals surface area contributed by atoms with Crippen LogP contribution in [-0.2, 0) is 6.54 Å². The van der Waals surface area contributed by atoms with E-state index in [1.807, 2.05) is 0 Å². The van der Waals surface area contributed by atoms with Gasteiger partial charge in [-0.1, -0.05) is 28.8 Å². The zero-order chi connectivity index (χ0) is 14.5. The predicted molar refractivity (Wildman–Crippen MR) is 80.5 cm³/mol. The SMILES string of the molecule is O=[N+]([O-])c1ccc(CNC2CCCCC2CO)c(Br)c1. The van der Waals surface area contributed by atoms with E-state index in [1.54, 1.807) is 6.07 Å². The Balaban J connectivity index is 1.98. The Morgan fingerprint density at radius 1 is 1.40 bits per heavy atom. The molecule has 2 atom stereocenters. The molecule has 1 aliphatic rings. The van der Waals surface area contributed by atoms with Crippen molar-refractivity contribution in [2.45, 2.75) is 38.3 Å². The lowest BCUT2D eigenvalue weighted by molar-refractivity contribution is -0.384. The second kappa shape index (κ2) is 7.15. The normalized spacial score (nSPS) is 22.7. The molecule has 1 aromatic carbocycles. The molecule has 1 aliphatic carbocycles. The minimum atomic E-state index is -0.398. The number of nitro groups is 1. The summed E-state index contributed by atoms with van der Waals surface area (Å²) in [5, 5.41) is 23.5. The Morgan fingerprint density at radius 2 is 2.15 bits per heavy atom. The molecule has 110 valence electrons. The van der Waals surface area contributed by atoms with E-state index in [2.05, 4.69) is 21.2 Å². The van der Waals surface area contributed by atoms with Gasteiger partial charge in [0.05, 0.1) is 4.92 Å². The van der Waals surface area contributed by atoms with Gasteiger partial charge in [0, 0.05) is 35.8 Å². The number of aliphatic hydroxyl groups excluding tert-OH is 1. The predicted octanol–water partition coefficient (Wildman–Crippen LogP) is 3.00. The zero-order valence-corrected chi connectivity index (χ0v) is 12.8. The lowest BCUT2D eigenvalue weighted by Crippen LogP contribution is -2.39. The number of nitro benzene ring substituents is 1. The quantitative estimate of drug-likeness (QED) is 0.637. The third kappa shape index (κ3) is 3.77. The van der Waals surface area contributed by atoms with Crippen LogP contribution in [0, 0.1) is 16.0 Å². The van der Waals surface area contributed by atoms with E-state index in [1.165, 1.54) is 25.0 Å². The second-order valence-corrected chi connectivity index (χ2v) is 6.10. The molecule has 2 rings (SSSR count). The van der Waals surface area contributed by atoms with Gasteiger partial charge < -0.3 is 10.4 Å². The number of nitrogens with one attached hydrogen (secondary N) is 1. The Morgan fingerprint density at radius 3 is 2.80 bits per heavy atom. The largest absolute Gasteiger partial charge is 0.396 e. The van der Waals surface area contributed by atoms with Crippen molar-refractivity contribution in [2.24, 2.45) is 5.92 Å². The van der Waals surface area contributed by atoms with Crippen LogP contribution in [0.5, 0.6) is 0 Å². The fourth-order valence-corrected chi connectivity index (χ4v) is 3.24. The Bertz CT molecular complexity index is 481. The fraction of sp³-hybridized carbons (Fsp3) is 0.571. The van der Waals surface area contributed by atoms with E-state index in [-0.39, 0.29) is 12.3 Å². The van der Waals surface area contributed by atoms with E-state index in [4.69, 9.17) is 0 Å². The van der Waals surface area contributed by atoms with Crippen LogP contribution in [0.25, 0.3) is 0 Å². The van der Waals surface area contributed by atoms with Crippen LogP contribution >= 0.6 is 15.9 Å². The minimum Gasteiger partial charge on any atom is -0.396 e. The number of nitrogens with zero attached hydrogens (tertiary/aromatic N) is 1. The number of hydrogen-bond donors (Lipinski definition) is 2. The van der Waals surface area contributed by atoms with Gasteiger partial charge in [0.1, 0.15) is 0 Å². The van der Waals surface area contributed by atoms with Crippen molar-refractivity contribution in [1.82, 2.24) is 5.32 Å². The third-order valence-electron chi connectivity index (χ3n) is 3.95. The molecule has 1 aromatic rings. The molecule has 0 saturated heterocycles. The Hall–Kier alpha value is -0.980. The van der Waals surface area contributed by atoms with E-state index < -0.39 is 4.92 Å². The molecule has 6 heteroatoms. The first-order valence-corrected chi connectivity index (χ1v) is 7.68. The van der Waals surface area contributed by atoms with E-state index in [9.17, 15) is 15.2 Å². The average Bonchev–Trinajstić information content (AvgIpc) is 2.46. The number of rotatable bonds is 5. The van der Waals surface area contributed by atoms with Crippen LogP contribution in [0.15, 0.2) is 22.7 Å². The first kappa shape index (κ1) is 15.4. The van der Waals surface area contributed by atoms with Gasteiger partial charge in [-0.3, -0.25) is 10.1 Å². The second-order valence-electron chi connectivity index (χ2n) is 5.25. The van der Waals surface area contributed by atoms with Crippen LogP contribution < -0.4 is 5.32 Å². The Kier molecular flexibility index (Phi) is 5.51. The number of halogens is 1. The van der Waals surface area contributed by atoms with Crippen molar-refractivity contribution in [3.63, 3.8) is 0 Å². The summed E-state index contributed by atoms with van der Waals surface area (Å²) in [6.07, 6.45) is 4.52. The molecular weight excluding hydrogens is 324 g/mol. The summed E-state index contributed by atoms with van der Waals surface area (Å²) in [5.74, 6) is 0.320. The molecule has 2 N–H and O–H groups in total. The van der Waals surface area contributed by atoms with Gasteiger partial charge in [-0.25, -0.2) is 0 Å². The maximum absolute atomic E-state index is 10.7. The lowest BCUT2D eigenvalue weighted by atomic mass is 9.85. The number of non-ortho nitro benzene ring substituents is 1. The van der Waals surface area contributed by atoms with Crippen molar-refractivity contribution < 1.29 is 10.0 Å². The molecule has 5 nitrogen and oxygen atoms in total. The van der Waals surface area contributed by atoms with Crippen LogP contribution in [-0.4, -0.2) is 22.7 Å². The van der Waals surface area contributed by atoms with Crippen LogP contribution in [0.4, 0.5) is 5.69 Å². The summed E-state index contributed by atoms with van der Waals surface area (Å²) in [5.41, 5.74) is 1.09. The van der Waals surface area contributed by atoms with Crippen molar-refractivity contribution in [2.75, 3.05) is 6.61 Å². The Labute approximate surface area is 126 Å². The highest BCUT2D eigenvalue weighted by molar-refractivity contribution is 9.10. The highest BCUT2D eigenvalue weighted by Crippen LogP contribution is 2.26. The molecule has 20 heavy (non-hydrogen) atoms. The number of hydrogen-bond acceptors (Lipinski definition) is 4. The highest BCUT2D eigenvalue weighted by atomic mass is 79.9. The summed E-state index contributed by atoms with van der Waals surface area (Å²) in [7, 11) is 0. The van der Waals surface area contributed by atoms with E-state index >= 15 is 0 Å². The molecule has 0 aliphatic heterocycles. The molecule has 1 fully saturated rings. The summed E-state index contributed by atoms with van der Waals surface area (Å²) in [6, 6.07) is 5.15. The summed E-state index contributed by atoms with van der Waals surface area (Å²) < 4.78 is 0.746. The smallest absolute Gasteiger partial charge is 0.270 e. The average molecular weight is 343 g/mol. The monoisotopic (exact) mass is 342 g/mol. The molecule has 0 amide bonds. The highest BCUT2D eigenvalue weighted by Gasteiger charge is 2.24. The van der Waals surface area contributed by atoms with Gasteiger partial charge in [0.2, 0.25) is 0 Å². The van der Waals surface area contributed by atoms with Crippen molar-refractivity contribution >= 4 is 21.6 Å². The van der Waals surface area contributed by atoms with Gasteiger partial charge >= 0.3 is 0 Å². The summed E-state index contributed by atoms with van der Waals surface area (Å²) in [6.45, 7) is 0.874. The maximum Gasteiger partial charge on any atom is 0.270 e. The van der Waals surface area contributed by atoms with Crippen molar-refractivity contribution in [3.8, 4) is 0 Å². The molecule has 0 bridgehead atoms. The van der Waals surface area contributed by atoms with Gasteiger partial charge in [-0.15, -0.1) is 0 Å². The summed E-state index contributed by atoms with van der Waals surface area (Å²) >= 11 is 3.38. The zero-order valence-electron chi connectivity index (χ0n) is 11.2. The lowest BCUT2D eigenvalue weighted by Gasteiger charge is -2.31. The van der Waals surface area contributed by atoms with Gasteiger partial charge in [-0.05, 0) is 30.4 Å². The first-order valence-electron chi connectivity index (χ1n) is 6.89. The van der Waals surface area contributed by atoms with Crippen LogP contribution in [0.3, 0.4) is 0 Å². The van der Waals surface area contributed by atoms with Crippen LogP contribution in [0.1, 0.15) is 31.2 Å². The topological polar surface area (TPSA) is 75.4 Å². The third-order valence-corrected chi connectivity index (χ3v) is 4.68. The van der Waals surface area contributed by atoms with E-state index in [0.717, 1.165) is 22.9 Å². The van der Waals surface area contributed by atoms with Gasteiger partial charge in [0.25, 0.3) is 5.69 Å². The molecule has 0 aromatic heterocycles. The fourth-order valence-electron chi connectivity index (χ4n) is 2.73. The molecule has 1 saturated carbocycles. The van der Waals surface area contributed by atoms with Crippen molar-refractivity contribution in [3.05, 3.63) is 38.3 Å². The van der Waals surface area contributed by atoms with Crippen LogP contribution in [0.2, 0.25) is 0 Å². The minimum absolute atomic E-state index is 0.0894. The molecule has 0 spiro atoms. The number of aliphatic hydroxyl groups is 1. The van der Waals surface area contributed by atoms with Gasteiger partial charge in [0.15, 0.2) is 0 Å². The molecule has 2 unspecified atom stereocenters. The van der Waals surface area contributed by atoms with Crippen molar-refractivity contribution in [1.29, 1.82) is 0 Å². The standard InChI is InChI=1S/C14H19BrN2O3/c15-13-7-12(17(19)20)6-5-10(13)8-16-14-4-2-1-3-11(14)9-18/h5-7,11,14,16,18H,1-4,8-9H2. The first-order chi connectivity index (χ1) is 9.61. The van der Waals surface area contributed by atoms with E-state index in [0.29, 0.717) is 18.5 Å². The van der Waals surface area contributed by atoms with Gasteiger partial charge in [-0.2, -0.15) is 0 Å².